The van der Waals surface area contributed by atoms with E-state index in [-0.39, 0.29) is 0 Å². The van der Waals surface area contributed by atoms with Crippen LogP contribution in [0.1, 0.15) is 0 Å². The van der Waals surface area contributed by atoms with Crippen LogP contribution in [0, 0.1) is 0 Å². The molecule has 0 saturated carbocycles. The van der Waals surface area contributed by atoms with E-state index in [2.05, 4.69) is 20.3 Å². The minimum Gasteiger partial charge on any atom is -0.399 e. The predicted octanol–water partition coefficient (Wildman–Crippen LogP) is -0.380. The maximum absolute atomic E-state index is 4.56. The summed E-state index contributed by atoms with van der Waals surface area (Å²) >= 11 is 0. The second-order valence-electron chi connectivity index (χ2n) is 1.69. The Morgan fingerprint density at radius 2 is 2.78 bits per heavy atom. The van der Waals surface area contributed by atoms with E-state index in [0.29, 0.717) is 6.54 Å². The van der Waals surface area contributed by atoms with Crippen molar-refractivity contribution in [3.63, 3.8) is 0 Å². The minimum absolute atomic E-state index is 0.654. The second kappa shape index (κ2) is 3.06. The largest absolute Gasteiger partial charge is 0.399 e. The highest BCUT2D eigenvalue weighted by Gasteiger charge is 2.00. The standard InChI is InChI=1S/C5H9N3O/c1-9-8-5-2-6-4-7-3-5/h4H,2-3H2,1H3,(H,6,7). The predicted molar refractivity (Wildman–Crippen MR) is 35.8 cm³/mol. The summed E-state index contributed by atoms with van der Waals surface area (Å²) in [6.45, 7) is 1.40. The van der Waals surface area contributed by atoms with Crippen LogP contribution in [0.5, 0.6) is 0 Å². The zero-order chi connectivity index (χ0) is 6.53. The summed E-state index contributed by atoms with van der Waals surface area (Å²) in [7, 11) is 1.53. The molecule has 0 fully saturated rings. The van der Waals surface area contributed by atoms with Crippen molar-refractivity contribution in [2.45, 2.75) is 0 Å². The van der Waals surface area contributed by atoms with Gasteiger partial charge in [0.25, 0.3) is 0 Å². The maximum Gasteiger partial charge on any atom is 0.106 e. The fourth-order valence-electron chi connectivity index (χ4n) is 0.625. The Morgan fingerprint density at radius 1 is 1.89 bits per heavy atom. The Morgan fingerprint density at radius 3 is 3.33 bits per heavy atom. The van der Waals surface area contributed by atoms with Crippen molar-refractivity contribution in [1.29, 1.82) is 0 Å². The van der Waals surface area contributed by atoms with Crippen LogP contribution in [0.15, 0.2) is 10.1 Å². The zero-order valence-electron chi connectivity index (χ0n) is 5.29. The van der Waals surface area contributed by atoms with E-state index in [1.165, 1.54) is 7.11 Å². The van der Waals surface area contributed by atoms with E-state index in [0.717, 1.165) is 12.3 Å². The van der Waals surface area contributed by atoms with Gasteiger partial charge in [-0.05, 0) is 0 Å². The lowest BCUT2D eigenvalue weighted by atomic mass is 10.3. The number of hydrogen-bond donors (Lipinski definition) is 1. The lowest BCUT2D eigenvalue weighted by molar-refractivity contribution is 0.212. The molecule has 0 unspecified atom stereocenters. The van der Waals surface area contributed by atoms with Crippen LogP contribution in [0.3, 0.4) is 0 Å². The van der Waals surface area contributed by atoms with Crippen LogP contribution in [0.2, 0.25) is 0 Å². The Labute approximate surface area is 53.6 Å². The highest BCUT2D eigenvalue weighted by molar-refractivity contribution is 5.91. The Bertz CT molecular complexity index is 141. The van der Waals surface area contributed by atoms with E-state index in [1.807, 2.05) is 0 Å². The molecule has 0 aliphatic carbocycles. The van der Waals surface area contributed by atoms with E-state index in [1.54, 1.807) is 6.34 Å². The summed E-state index contributed by atoms with van der Waals surface area (Å²) < 4.78 is 0. The highest BCUT2D eigenvalue weighted by atomic mass is 16.6. The topological polar surface area (TPSA) is 46.0 Å². The Kier molecular flexibility index (Phi) is 2.06. The fourth-order valence-corrected chi connectivity index (χ4v) is 0.625. The number of rotatable bonds is 1. The SMILES string of the molecule is CON=C1CN=CNC1. The van der Waals surface area contributed by atoms with E-state index < -0.39 is 0 Å². The lowest BCUT2D eigenvalue weighted by Gasteiger charge is -2.06. The molecule has 0 aromatic carbocycles. The van der Waals surface area contributed by atoms with Gasteiger partial charge in [0.2, 0.25) is 0 Å². The first-order valence-electron chi connectivity index (χ1n) is 2.74. The van der Waals surface area contributed by atoms with E-state index in [9.17, 15) is 0 Å². The molecular weight excluding hydrogens is 118 g/mol. The average Bonchev–Trinajstić information content (AvgIpc) is 1.91. The van der Waals surface area contributed by atoms with Crippen molar-refractivity contribution in [3.8, 4) is 0 Å². The molecular formula is C5H9N3O. The van der Waals surface area contributed by atoms with Gasteiger partial charge in [0.05, 0.1) is 25.1 Å². The van der Waals surface area contributed by atoms with Gasteiger partial charge < -0.3 is 10.2 Å². The van der Waals surface area contributed by atoms with E-state index in [4.69, 9.17) is 0 Å². The molecule has 0 atom stereocenters. The number of oxime groups is 1. The fraction of sp³-hybridized carbons (Fsp3) is 0.600. The van der Waals surface area contributed by atoms with Crippen LogP contribution in [-0.2, 0) is 4.84 Å². The first-order chi connectivity index (χ1) is 4.43. The summed E-state index contributed by atoms with van der Waals surface area (Å²) in [5, 5.41) is 6.64. The number of nitrogens with zero attached hydrogens (tertiary/aromatic N) is 2. The molecule has 1 N–H and O–H groups in total. The van der Waals surface area contributed by atoms with Crippen LogP contribution in [0.4, 0.5) is 0 Å². The Balaban J connectivity index is 2.43. The number of hydrogen-bond acceptors (Lipinski definition) is 4. The summed E-state index contributed by atoms with van der Waals surface area (Å²) in [6.07, 6.45) is 1.68. The monoisotopic (exact) mass is 127 g/mol. The summed E-state index contributed by atoms with van der Waals surface area (Å²) in [5.74, 6) is 0. The van der Waals surface area contributed by atoms with Crippen molar-refractivity contribution >= 4 is 12.1 Å². The van der Waals surface area contributed by atoms with E-state index >= 15 is 0 Å². The average molecular weight is 127 g/mol. The van der Waals surface area contributed by atoms with Crippen molar-refractivity contribution in [2.75, 3.05) is 20.2 Å². The quantitative estimate of drug-likeness (QED) is 0.488. The van der Waals surface area contributed by atoms with Gasteiger partial charge in [0.1, 0.15) is 7.11 Å². The molecule has 0 saturated heterocycles. The van der Waals surface area contributed by atoms with Gasteiger partial charge in [-0.15, -0.1) is 0 Å². The molecule has 0 aromatic rings. The molecule has 1 heterocycles. The molecule has 50 valence electrons. The molecule has 9 heavy (non-hydrogen) atoms. The van der Waals surface area contributed by atoms with Crippen molar-refractivity contribution in [1.82, 2.24) is 5.32 Å². The third kappa shape index (κ3) is 1.71. The maximum atomic E-state index is 4.56. The molecule has 0 bridgehead atoms. The molecule has 0 radical (unpaired) electrons. The first kappa shape index (κ1) is 6.07. The normalized spacial score (nSPS) is 21.7. The molecule has 4 nitrogen and oxygen atoms in total. The summed E-state index contributed by atoms with van der Waals surface area (Å²) in [4.78, 5) is 8.49. The van der Waals surface area contributed by atoms with Crippen LogP contribution >= 0.6 is 0 Å². The minimum atomic E-state index is 0.654. The smallest absolute Gasteiger partial charge is 0.106 e. The zero-order valence-corrected chi connectivity index (χ0v) is 5.29. The number of nitrogens with one attached hydrogen (secondary N) is 1. The first-order valence-corrected chi connectivity index (χ1v) is 2.74. The lowest BCUT2D eigenvalue weighted by Crippen LogP contribution is -2.28. The van der Waals surface area contributed by atoms with Crippen molar-refractivity contribution < 1.29 is 4.84 Å². The Hall–Kier alpha value is -1.06. The summed E-state index contributed by atoms with van der Waals surface area (Å²) in [6, 6.07) is 0. The number of aliphatic imine (C=N–C) groups is 1. The summed E-state index contributed by atoms with van der Waals surface area (Å²) in [5.41, 5.74) is 0.931. The van der Waals surface area contributed by atoms with Gasteiger partial charge >= 0.3 is 0 Å². The third-order valence-electron chi connectivity index (χ3n) is 0.983. The van der Waals surface area contributed by atoms with Crippen molar-refractivity contribution in [2.24, 2.45) is 10.1 Å². The van der Waals surface area contributed by atoms with Gasteiger partial charge in [-0.3, -0.25) is 4.99 Å². The molecule has 1 aliphatic rings. The van der Waals surface area contributed by atoms with Crippen LogP contribution < -0.4 is 5.32 Å². The van der Waals surface area contributed by atoms with Gasteiger partial charge in [-0.1, -0.05) is 5.16 Å². The van der Waals surface area contributed by atoms with Gasteiger partial charge in [-0.2, -0.15) is 0 Å². The van der Waals surface area contributed by atoms with Gasteiger partial charge in [0, 0.05) is 0 Å². The molecule has 0 spiro atoms. The molecule has 4 heteroatoms. The third-order valence-corrected chi connectivity index (χ3v) is 0.983. The molecule has 1 aliphatic heterocycles. The molecule has 0 amide bonds. The molecule has 1 rings (SSSR count). The second-order valence-corrected chi connectivity index (χ2v) is 1.69. The molecule has 0 aromatic heterocycles. The van der Waals surface area contributed by atoms with Gasteiger partial charge in [0.15, 0.2) is 0 Å². The van der Waals surface area contributed by atoms with Crippen LogP contribution in [0.25, 0.3) is 0 Å². The van der Waals surface area contributed by atoms with Crippen molar-refractivity contribution in [3.05, 3.63) is 0 Å². The highest BCUT2D eigenvalue weighted by Crippen LogP contribution is 1.83. The van der Waals surface area contributed by atoms with Crippen LogP contribution in [-0.4, -0.2) is 32.2 Å². The van der Waals surface area contributed by atoms with Gasteiger partial charge in [-0.25, -0.2) is 0 Å².